The van der Waals surface area contributed by atoms with Gasteiger partial charge in [-0.15, -0.1) is 11.3 Å². The molecule has 0 atom stereocenters. The van der Waals surface area contributed by atoms with E-state index in [1.54, 1.807) is 10.8 Å². The van der Waals surface area contributed by atoms with E-state index in [1.807, 2.05) is 61.5 Å². The quantitative estimate of drug-likeness (QED) is 0.529. The van der Waals surface area contributed by atoms with Gasteiger partial charge in [0.05, 0.1) is 10.6 Å². The average Bonchev–Trinajstić information content (AvgIpc) is 3.22. The summed E-state index contributed by atoms with van der Waals surface area (Å²) in [4.78, 5) is 17.3. The van der Waals surface area contributed by atoms with Gasteiger partial charge in [-0.25, -0.2) is 0 Å². The monoisotopic (exact) mass is 421 g/mol. The van der Waals surface area contributed by atoms with Crippen molar-refractivity contribution in [2.75, 3.05) is 5.32 Å². The van der Waals surface area contributed by atoms with Gasteiger partial charge in [0.25, 0.3) is 0 Å². The first-order valence-corrected chi connectivity index (χ1v) is 10.4. The van der Waals surface area contributed by atoms with E-state index >= 15 is 0 Å². The number of hydrogen-bond donors (Lipinski definition) is 2. The van der Waals surface area contributed by atoms with Gasteiger partial charge in [0.15, 0.2) is 3.95 Å². The van der Waals surface area contributed by atoms with Crippen LogP contribution in [0, 0.1) is 10.9 Å². The molecule has 0 saturated heterocycles. The number of nitrogens with zero attached hydrogens (tertiary/aromatic N) is 2. The van der Waals surface area contributed by atoms with Crippen LogP contribution in [0.3, 0.4) is 0 Å². The maximum atomic E-state index is 12.3. The number of hydrogen-bond acceptors (Lipinski definition) is 5. The number of thiazole rings is 1. The Labute approximate surface area is 177 Å². The summed E-state index contributed by atoms with van der Waals surface area (Å²) in [5.74, 6) is -0.0477. The molecule has 5 nitrogen and oxygen atoms in total. The van der Waals surface area contributed by atoms with Crippen molar-refractivity contribution in [3.8, 4) is 5.88 Å². The van der Waals surface area contributed by atoms with E-state index in [9.17, 15) is 9.90 Å². The second-order valence-electron chi connectivity index (χ2n) is 6.75. The van der Waals surface area contributed by atoms with Gasteiger partial charge in [-0.2, -0.15) is 0 Å². The Kier molecular flexibility index (Phi) is 5.42. The highest BCUT2D eigenvalue weighted by atomic mass is 32.1. The fourth-order valence-corrected chi connectivity index (χ4v) is 4.47. The van der Waals surface area contributed by atoms with E-state index in [2.05, 4.69) is 10.3 Å². The highest BCUT2D eigenvalue weighted by molar-refractivity contribution is 7.73. The van der Waals surface area contributed by atoms with E-state index < -0.39 is 0 Å². The minimum atomic E-state index is -0.125. The Bertz CT molecular complexity index is 1200. The van der Waals surface area contributed by atoms with E-state index in [0.717, 1.165) is 28.1 Å². The molecule has 0 spiro atoms. The number of allylic oxidation sites excluding steroid dienone is 1. The van der Waals surface area contributed by atoms with Gasteiger partial charge < -0.3 is 10.4 Å². The molecular weight excluding hydrogens is 402 g/mol. The molecule has 1 aliphatic rings. The predicted octanol–water partition coefficient (Wildman–Crippen LogP) is 5.58. The number of aromatic hydroxyl groups is 1. The lowest BCUT2D eigenvalue weighted by Crippen LogP contribution is -2.14. The molecule has 1 aromatic heterocycles. The van der Waals surface area contributed by atoms with Crippen molar-refractivity contribution in [2.45, 2.75) is 19.9 Å². The first-order valence-electron chi connectivity index (χ1n) is 9.15. The summed E-state index contributed by atoms with van der Waals surface area (Å²) < 4.78 is 2.13. The first kappa shape index (κ1) is 19.3. The second kappa shape index (κ2) is 8.14. The molecule has 0 bridgehead atoms. The summed E-state index contributed by atoms with van der Waals surface area (Å²) in [5.41, 5.74) is 4.70. The van der Waals surface area contributed by atoms with Crippen molar-refractivity contribution in [3.05, 3.63) is 68.5 Å². The SMILES string of the molecule is Cc1cccc(NC(=O)CCn2c(O)c(/C=C3\C=Nc4ccccc43)sc2=S)c1. The molecule has 0 unspecified atom stereocenters. The summed E-state index contributed by atoms with van der Waals surface area (Å²) in [7, 11) is 0. The lowest BCUT2D eigenvalue weighted by Gasteiger charge is -2.07. The number of nitrogens with one attached hydrogen (secondary N) is 1. The Morgan fingerprint density at radius 3 is 2.93 bits per heavy atom. The Morgan fingerprint density at radius 2 is 2.10 bits per heavy atom. The van der Waals surface area contributed by atoms with Crippen molar-refractivity contribution >= 4 is 58.7 Å². The first-order chi connectivity index (χ1) is 14.0. The zero-order chi connectivity index (χ0) is 20.4. The molecule has 0 saturated carbocycles. The maximum Gasteiger partial charge on any atom is 0.226 e. The highest BCUT2D eigenvalue weighted by Gasteiger charge is 2.16. The lowest BCUT2D eigenvalue weighted by atomic mass is 10.1. The number of aromatic nitrogens is 1. The molecule has 0 fully saturated rings. The van der Waals surface area contributed by atoms with Gasteiger partial charge >= 0.3 is 0 Å². The standard InChI is InChI=1S/C22H19N3O2S2/c1-14-5-4-6-16(11-14)24-20(26)9-10-25-21(27)19(29-22(25)28)12-15-13-23-18-8-3-2-7-17(15)18/h2-8,11-13,27H,9-10H2,1H3,(H,24,26)/b15-12+. The highest BCUT2D eigenvalue weighted by Crippen LogP contribution is 2.35. The summed E-state index contributed by atoms with van der Waals surface area (Å²) in [6.07, 6.45) is 3.88. The molecule has 29 heavy (non-hydrogen) atoms. The number of aryl methyl sites for hydroxylation is 1. The van der Waals surface area contributed by atoms with Crippen LogP contribution < -0.4 is 5.32 Å². The predicted molar refractivity (Wildman–Crippen MR) is 122 cm³/mol. The number of carbonyl (C=O) groups excluding carboxylic acids is 1. The maximum absolute atomic E-state index is 12.3. The Morgan fingerprint density at radius 1 is 1.28 bits per heavy atom. The van der Waals surface area contributed by atoms with E-state index in [-0.39, 0.29) is 18.2 Å². The molecule has 3 aromatic rings. The lowest BCUT2D eigenvalue weighted by molar-refractivity contribution is -0.116. The molecular formula is C22H19N3O2S2. The summed E-state index contributed by atoms with van der Waals surface area (Å²) in [5, 5.41) is 13.5. The molecule has 2 N–H and O–H groups in total. The minimum Gasteiger partial charge on any atom is -0.493 e. The molecule has 1 aliphatic heterocycles. The normalized spacial score (nSPS) is 13.6. The molecule has 4 rings (SSSR count). The second-order valence-corrected chi connectivity index (χ2v) is 8.43. The van der Waals surface area contributed by atoms with Crippen LogP contribution in [0.5, 0.6) is 5.88 Å². The van der Waals surface area contributed by atoms with E-state index in [4.69, 9.17) is 12.2 Å². The van der Waals surface area contributed by atoms with Crippen LogP contribution in [0.2, 0.25) is 0 Å². The van der Waals surface area contributed by atoms with E-state index in [1.165, 1.54) is 11.3 Å². The van der Waals surface area contributed by atoms with Crippen LogP contribution in [-0.4, -0.2) is 21.8 Å². The summed E-state index contributed by atoms with van der Waals surface area (Å²) >= 11 is 6.72. The Balaban J connectivity index is 1.48. The van der Waals surface area contributed by atoms with Crippen LogP contribution in [-0.2, 0) is 11.3 Å². The van der Waals surface area contributed by atoms with Crippen LogP contribution in [0.25, 0.3) is 11.6 Å². The van der Waals surface area contributed by atoms with Crippen molar-refractivity contribution in [1.29, 1.82) is 0 Å². The zero-order valence-corrected chi connectivity index (χ0v) is 17.4. The van der Waals surface area contributed by atoms with Crippen molar-refractivity contribution in [3.63, 3.8) is 0 Å². The molecule has 2 aromatic carbocycles. The van der Waals surface area contributed by atoms with Crippen LogP contribution in [0.15, 0.2) is 53.5 Å². The third-order valence-electron chi connectivity index (χ3n) is 4.60. The van der Waals surface area contributed by atoms with Gasteiger partial charge in [-0.3, -0.25) is 14.4 Å². The number of fused-ring (bicyclic) bond motifs is 1. The fraction of sp³-hybridized carbons (Fsp3) is 0.136. The number of aliphatic imine (C=N–C) groups is 1. The summed E-state index contributed by atoms with van der Waals surface area (Å²) in [6, 6.07) is 15.5. The number of amides is 1. The number of para-hydroxylation sites is 1. The smallest absolute Gasteiger partial charge is 0.226 e. The number of rotatable bonds is 5. The van der Waals surface area contributed by atoms with Gasteiger partial charge in [0, 0.05) is 36.0 Å². The van der Waals surface area contributed by atoms with Gasteiger partial charge in [-0.1, -0.05) is 30.3 Å². The van der Waals surface area contributed by atoms with Crippen LogP contribution in [0.4, 0.5) is 11.4 Å². The van der Waals surface area contributed by atoms with Crippen molar-refractivity contribution < 1.29 is 9.90 Å². The zero-order valence-electron chi connectivity index (χ0n) is 15.8. The largest absolute Gasteiger partial charge is 0.493 e. The molecule has 0 aliphatic carbocycles. The van der Waals surface area contributed by atoms with Crippen LogP contribution in [0.1, 0.15) is 22.4 Å². The Hall–Kier alpha value is -3.03. The van der Waals surface area contributed by atoms with Crippen molar-refractivity contribution in [1.82, 2.24) is 4.57 Å². The van der Waals surface area contributed by atoms with Crippen molar-refractivity contribution in [2.24, 2.45) is 4.99 Å². The molecule has 0 radical (unpaired) electrons. The third kappa shape index (κ3) is 4.21. The molecule has 7 heteroatoms. The number of carbonyl (C=O) groups is 1. The number of anilines is 1. The van der Waals surface area contributed by atoms with E-state index in [0.29, 0.717) is 15.4 Å². The van der Waals surface area contributed by atoms with Gasteiger partial charge in [-0.05, 0) is 49.0 Å². The molecule has 2 heterocycles. The topological polar surface area (TPSA) is 66.6 Å². The minimum absolute atomic E-state index is 0.0774. The average molecular weight is 422 g/mol. The van der Waals surface area contributed by atoms with Gasteiger partial charge in [0.1, 0.15) is 0 Å². The molecule has 146 valence electrons. The molecule has 1 amide bonds. The fourth-order valence-electron chi connectivity index (χ4n) is 3.16. The number of benzene rings is 2. The van der Waals surface area contributed by atoms with Crippen LogP contribution >= 0.6 is 23.6 Å². The summed E-state index contributed by atoms with van der Waals surface area (Å²) in [6.45, 7) is 2.29. The van der Waals surface area contributed by atoms with Gasteiger partial charge in [0.2, 0.25) is 11.8 Å². The third-order valence-corrected chi connectivity index (χ3v) is 5.99.